The quantitative estimate of drug-likeness (QED) is 0.800. The van der Waals surface area contributed by atoms with Gasteiger partial charge in [0, 0.05) is 19.7 Å². The zero-order chi connectivity index (χ0) is 12.1. The van der Waals surface area contributed by atoms with Crippen molar-refractivity contribution >= 4 is 0 Å². The van der Waals surface area contributed by atoms with E-state index >= 15 is 0 Å². The first-order valence-electron chi connectivity index (χ1n) is 6.53. The van der Waals surface area contributed by atoms with Crippen molar-refractivity contribution in [3.05, 3.63) is 12.2 Å². The van der Waals surface area contributed by atoms with Crippen LogP contribution in [0.25, 0.3) is 0 Å². The standard InChI is InChI=1S/C12H22N4O/c1-2-5-16-12(13-10-14-16)9-15-6-3-11(8-15)4-7-17/h10-11,17H,2-9H2,1H3. The topological polar surface area (TPSA) is 54.2 Å². The second-order valence-corrected chi connectivity index (χ2v) is 4.80. The van der Waals surface area contributed by atoms with Crippen molar-refractivity contribution in [1.29, 1.82) is 0 Å². The van der Waals surface area contributed by atoms with Crippen LogP contribution in [-0.2, 0) is 13.1 Å². The van der Waals surface area contributed by atoms with E-state index in [-0.39, 0.29) is 0 Å². The van der Waals surface area contributed by atoms with Gasteiger partial charge in [-0.1, -0.05) is 6.92 Å². The zero-order valence-corrected chi connectivity index (χ0v) is 10.5. The van der Waals surface area contributed by atoms with Gasteiger partial charge in [0.1, 0.15) is 12.2 Å². The maximum atomic E-state index is 8.94. The fourth-order valence-corrected chi connectivity index (χ4v) is 2.48. The van der Waals surface area contributed by atoms with Crippen LogP contribution in [-0.4, -0.2) is 44.5 Å². The van der Waals surface area contributed by atoms with Gasteiger partial charge < -0.3 is 5.11 Å². The lowest BCUT2D eigenvalue weighted by Crippen LogP contribution is -2.23. The SMILES string of the molecule is CCCn1ncnc1CN1CCC(CCO)C1. The first kappa shape index (κ1) is 12.5. The van der Waals surface area contributed by atoms with Crippen molar-refractivity contribution in [2.75, 3.05) is 19.7 Å². The van der Waals surface area contributed by atoms with Crippen LogP contribution in [0.1, 0.15) is 32.0 Å². The fraction of sp³-hybridized carbons (Fsp3) is 0.833. The Hall–Kier alpha value is -0.940. The van der Waals surface area contributed by atoms with Crippen molar-refractivity contribution in [1.82, 2.24) is 19.7 Å². The summed E-state index contributed by atoms with van der Waals surface area (Å²) >= 11 is 0. The van der Waals surface area contributed by atoms with E-state index in [1.54, 1.807) is 6.33 Å². The Kier molecular flexibility index (Phi) is 4.50. The molecule has 1 unspecified atom stereocenters. The molecule has 1 aromatic rings. The number of hydrogen-bond donors (Lipinski definition) is 1. The Morgan fingerprint density at radius 2 is 2.41 bits per heavy atom. The number of aryl methyl sites for hydroxylation is 1. The molecule has 1 aliphatic rings. The monoisotopic (exact) mass is 238 g/mol. The maximum Gasteiger partial charge on any atom is 0.141 e. The Bertz CT molecular complexity index is 339. The maximum absolute atomic E-state index is 8.94. The molecule has 0 saturated carbocycles. The smallest absolute Gasteiger partial charge is 0.141 e. The third kappa shape index (κ3) is 3.26. The molecule has 0 amide bonds. The second kappa shape index (κ2) is 6.12. The molecule has 17 heavy (non-hydrogen) atoms. The van der Waals surface area contributed by atoms with Crippen LogP contribution in [0.5, 0.6) is 0 Å². The number of rotatable bonds is 6. The van der Waals surface area contributed by atoms with Gasteiger partial charge in [0.2, 0.25) is 0 Å². The highest BCUT2D eigenvalue weighted by Crippen LogP contribution is 2.20. The molecule has 0 radical (unpaired) electrons. The summed E-state index contributed by atoms with van der Waals surface area (Å²) in [6, 6.07) is 0. The molecular weight excluding hydrogens is 216 g/mol. The third-order valence-corrected chi connectivity index (χ3v) is 3.40. The number of aromatic nitrogens is 3. The molecule has 5 nitrogen and oxygen atoms in total. The molecule has 1 atom stereocenters. The van der Waals surface area contributed by atoms with E-state index in [1.807, 2.05) is 4.68 Å². The highest BCUT2D eigenvalue weighted by atomic mass is 16.3. The highest BCUT2D eigenvalue weighted by molar-refractivity contribution is 4.87. The molecule has 1 saturated heterocycles. The number of likely N-dealkylation sites (tertiary alicyclic amines) is 1. The first-order valence-corrected chi connectivity index (χ1v) is 6.53. The van der Waals surface area contributed by atoms with Crippen LogP contribution in [0.4, 0.5) is 0 Å². The molecule has 1 N–H and O–H groups in total. The summed E-state index contributed by atoms with van der Waals surface area (Å²) in [7, 11) is 0. The molecule has 2 heterocycles. The van der Waals surface area contributed by atoms with E-state index in [0.29, 0.717) is 12.5 Å². The molecule has 1 aliphatic heterocycles. The van der Waals surface area contributed by atoms with Gasteiger partial charge in [-0.15, -0.1) is 0 Å². The average molecular weight is 238 g/mol. The van der Waals surface area contributed by atoms with Crippen LogP contribution in [0.15, 0.2) is 6.33 Å². The predicted molar refractivity (Wildman–Crippen MR) is 65.4 cm³/mol. The Morgan fingerprint density at radius 1 is 1.53 bits per heavy atom. The number of aliphatic hydroxyl groups is 1. The predicted octanol–water partition coefficient (Wildman–Crippen LogP) is 0.892. The van der Waals surface area contributed by atoms with E-state index in [4.69, 9.17) is 5.11 Å². The molecule has 0 aromatic carbocycles. The minimum Gasteiger partial charge on any atom is -0.396 e. The summed E-state index contributed by atoms with van der Waals surface area (Å²) < 4.78 is 2.00. The highest BCUT2D eigenvalue weighted by Gasteiger charge is 2.23. The lowest BCUT2D eigenvalue weighted by atomic mass is 10.1. The fourth-order valence-electron chi connectivity index (χ4n) is 2.48. The summed E-state index contributed by atoms with van der Waals surface area (Å²) in [5.74, 6) is 1.72. The molecule has 1 aromatic heterocycles. The summed E-state index contributed by atoms with van der Waals surface area (Å²) in [6.07, 6.45) is 4.86. The minimum absolute atomic E-state index is 0.310. The third-order valence-electron chi connectivity index (χ3n) is 3.40. The summed E-state index contributed by atoms with van der Waals surface area (Å²) in [5, 5.41) is 13.2. The van der Waals surface area contributed by atoms with Crippen LogP contribution in [0.2, 0.25) is 0 Å². The lowest BCUT2D eigenvalue weighted by Gasteiger charge is -2.15. The van der Waals surface area contributed by atoms with E-state index in [2.05, 4.69) is 21.9 Å². The van der Waals surface area contributed by atoms with Gasteiger partial charge in [-0.05, 0) is 31.7 Å². The van der Waals surface area contributed by atoms with Crippen molar-refractivity contribution in [2.24, 2.45) is 5.92 Å². The average Bonchev–Trinajstić information content (AvgIpc) is 2.91. The Balaban J connectivity index is 1.86. The van der Waals surface area contributed by atoms with Crippen LogP contribution < -0.4 is 0 Å². The molecule has 5 heteroatoms. The summed E-state index contributed by atoms with van der Waals surface area (Å²) in [4.78, 5) is 6.74. The zero-order valence-electron chi connectivity index (χ0n) is 10.5. The van der Waals surface area contributed by atoms with Crippen molar-refractivity contribution in [3.63, 3.8) is 0 Å². The first-order chi connectivity index (χ1) is 8.33. The van der Waals surface area contributed by atoms with Gasteiger partial charge in [-0.3, -0.25) is 4.90 Å². The van der Waals surface area contributed by atoms with Crippen LogP contribution in [0.3, 0.4) is 0 Å². The number of nitrogens with zero attached hydrogens (tertiary/aromatic N) is 4. The van der Waals surface area contributed by atoms with Crippen molar-refractivity contribution < 1.29 is 5.11 Å². The summed E-state index contributed by atoms with van der Waals surface area (Å²) in [6.45, 7) is 6.50. The largest absolute Gasteiger partial charge is 0.396 e. The van der Waals surface area contributed by atoms with Crippen LogP contribution >= 0.6 is 0 Å². The lowest BCUT2D eigenvalue weighted by molar-refractivity contribution is 0.247. The number of hydrogen-bond acceptors (Lipinski definition) is 4. The molecule has 1 fully saturated rings. The molecule has 0 bridgehead atoms. The Morgan fingerprint density at radius 3 is 3.18 bits per heavy atom. The Labute approximate surface area is 102 Å². The number of aliphatic hydroxyl groups excluding tert-OH is 1. The van der Waals surface area contributed by atoms with Gasteiger partial charge in [0.15, 0.2) is 0 Å². The van der Waals surface area contributed by atoms with Crippen LogP contribution in [0, 0.1) is 5.92 Å². The summed E-state index contributed by atoms with van der Waals surface area (Å²) in [5.41, 5.74) is 0. The van der Waals surface area contributed by atoms with Gasteiger partial charge in [0.05, 0.1) is 6.54 Å². The van der Waals surface area contributed by atoms with Crippen molar-refractivity contribution in [2.45, 2.75) is 39.3 Å². The molecular formula is C12H22N4O. The normalized spacial score (nSPS) is 21.2. The van der Waals surface area contributed by atoms with E-state index < -0.39 is 0 Å². The van der Waals surface area contributed by atoms with Gasteiger partial charge in [-0.25, -0.2) is 9.67 Å². The minimum atomic E-state index is 0.310. The molecule has 96 valence electrons. The van der Waals surface area contributed by atoms with Gasteiger partial charge >= 0.3 is 0 Å². The van der Waals surface area contributed by atoms with Gasteiger partial charge in [0.25, 0.3) is 0 Å². The molecule has 2 rings (SSSR count). The van der Waals surface area contributed by atoms with E-state index in [9.17, 15) is 0 Å². The van der Waals surface area contributed by atoms with Crippen molar-refractivity contribution in [3.8, 4) is 0 Å². The van der Waals surface area contributed by atoms with E-state index in [1.165, 1.54) is 6.42 Å². The van der Waals surface area contributed by atoms with E-state index in [0.717, 1.165) is 44.8 Å². The molecule has 0 spiro atoms. The second-order valence-electron chi connectivity index (χ2n) is 4.80. The van der Waals surface area contributed by atoms with Gasteiger partial charge in [-0.2, -0.15) is 5.10 Å². The molecule has 0 aliphatic carbocycles.